The van der Waals surface area contributed by atoms with Gasteiger partial charge in [-0.15, -0.1) is 10.2 Å². The van der Waals surface area contributed by atoms with Gasteiger partial charge in [-0.3, -0.25) is 4.90 Å². The average Bonchev–Trinajstić information content (AvgIpc) is 2.48. The van der Waals surface area contributed by atoms with E-state index in [1.54, 1.807) is 7.11 Å². The topological polar surface area (TPSA) is 64.3 Å². The Kier molecular flexibility index (Phi) is 4.07. The Morgan fingerprint density at radius 3 is 2.85 bits per heavy atom. The quantitative estimate of drug-likeness (QED) is 0.739. The van der Waals surface area contributed by atoms with E-state index < -0.39 is 0 Å². The van der Waals surface area contributed by atoms with E-state index in [1.165, 1.54) is 11.3 Å². The highest BCUT2D eigenvalue weighted by Crippen LogP contribution is 2.12. The zero-order valence-corrected chi connectivity index (χ0v) is 8.67. The second kappa shape index (κ2) is 5.11. The van der Waals surface area contributed by atoms with Gasteiger partial charge in [0.1, 0.15) is 5.01 Å². The van der Waals surface area contributed by atoms with Crippen LogP contribution in [0.15, 0.2) is 0 Å². The van der Waals surface area contributed by atoms with Crippen LogP contribution < -0.4 is 5.73 Å². The highest BCUT2D eigenvalue weighted by Gasteiger charge is 2.04. The van der Waals surface area contributed by atoms with Crippen LogP contribution in [0.1, 0.15) is 5.01 Å². The lowest BCUT2D eigenvalue weighted by Crippen LogP contribution is -2.22. The fraction of sp³-hybridized carbons (Fsp3) is 0.714. The summed E-state index contributed by atoms with van der Waals surface area (Å²) in [7, 11) is 3.70. The van der Waals surface area contributed by atoms with Crippen LogP contribution in [0.5, 0.6) is 0 Å². The molecule has 5 nitrogen and oxygen atoms in total. The van der Waals surface area contributed by atoms with Crippen molar-refractivity contribution in [1.82, 2.24) is 15.1 Å². The van der Waals surface area contributed by atoms with Gasteiger partial charge in [-0.1, -0.05) is 11.3 Å². The SMILES string of the molecule is COCCN(C)Cc1nnc(N)s1. The Bertz CT molecular complexity index is 252. The van der Waals surface area contributed by atoms with Crippen molar-refractivity contribution in [2.75, 3.05) is 33.0 Å². The van der Waals surface area contributed by atoms with Crippen molar-refractivity contribution < 1.29 is 4.74 Å². The van der Waals surface area contributed by atoms with Crippen LogP contribution in [0.3, 0.4) is 0 Å². The third-order valence-corrected chi connectivity index (χ3v) is 2.30. The van der Waals surface area contributed by atoms with Crippen molar-refractivity contribution in [2.24, 2.45) is 0 Å². The molecule has 2 N–H and O–H groups in total. The summed E-state index contributed by atoms with van der Waals surface area (Å²) < 4.78 is 4.96. The number of rotatable bonds is 5. The number of nitrogen functional groups attached to an aromatic ring is 1. The molecule has 1 aromatic heterocycles. The Labute approximate surface area is 81.5 Å². The number of methoxy groups -OCH3 is 1. The van der Waals surface area contributed by atoms with Gasteiger partial charge < -0.3 is 10.5 Å². The molecular weight excluding hydrogens is 188 g/mol. The third-order valence-electron chi connectivity index (χ3n) is 1.56. The van der Waals surface area contributed by atoms with Crippen molar-refractivity contribution in [3.8, 4) is 0 Å². The van der Waals surface area contributed by atoms with Gasteiger partial charge in [0.05, 0.1) is 13.2 Å². The molecule has 1 rings (SSSR count). The lowest BCUT2D eigenvalue weighted by atomic mass is 10.5. The van der Waals surface area contributed by atoms with Crippen molar-refractivity contribution in [3.05, 3.63) is 5.01 Å². The molecule has 13 heavy (non-hydrogen) atoms. The molecule has 0 radical (unpaired) electrons. The van der Waals surface area contributed by atoms with Crippen LogP contribution in [-0.4, -0.2) is 42.4 Å². The molecule has 0 saturated carbocycles. The number of nitrogens with zero attached hydrogens (tertiary/aromatic N) is 3. The summed E-state index contributed by atoms with van der Waals surface area (Å²) >= 11 is 1.42. The predicted octanol–water partition coefficient (Wildman–Crippen LogP) is 0.198. The molecule has 0 fully saturated rings. The van der Waals surface area contributed by atoms with E-state index in [-0.39, 0.29) is 0 Å². The molecule has 0 atom stereocenters. The summed E-state index contributed by atoms with van der Waals surface area (Å²) in [5.41, 5.74) is 5.46. The number of anilines is 1. The molecule has 0 aromatic carbocycles. The average molecular weight is 202 g/mol. The standard InChI is InChI=1S/C7H14N4OS/c1-11(3-4-12-2)5-6-9-10-7(8)13-6/h3-5H2,1-2H3,(H2,8,10). The Morgan fingerprint density at radius 1 is 1.54 bits per heavy atom. The van der Waals surface area contributed by atoms with Crippen molar-refractivity contribution in [1.29, 1.82) is 0 Å². The third kappa shape index (κ3) is 3.67. The molecule has 0 aliphatic heterocycles. The summed E-state index contributed by atoms with van der Waals surface area (Å²) in [6.45, 7) is 2.39. The maximum absolute atomic E-state index is 5.46. The molecule has 0 amide bonds. The molecular formula is C7H14N4OS. The number of nitrogens with two attached hydrogens (primary N) is 1. The first-order chi connectivity index (χ1) is 6.22. The van der Waals surface area contributed by atoms with Gasteiger partial charge in [-0.2, -0.15) is 0 Å². The second-order valence-electron chi connectivity index (χ2n) is 2.76. The maximum atomic E-state index is 5.46. The fourth-order valence-corrected chi connectivity index (χ4v) is 1.58. The van der Waals surface area contributed by atoms with Crippen LogP contribution in [0.25, 0.3) is 0 Å². The second-order valence-corrected chi connectivity index (χ2v) is 3.86. The van der Waals surface area contributed by atoms with Crippen molar-refractivity contribution >= 4 is 16.5 Å². The molecule has 0 bridgehead atoms. The van der Waals surface area contributed by atoms with Crippen LogP contribution in [0.2, 0.25) is 0 Å². The smallest absolute Gasteiger partial charge is 0.203 e. The number of likely N-dealkylation sites (N-methyl/N-ethyl adjacent to an activating group) is 1. The van der Waals surface area contributed by atoms with E-state index in [0.717, 1.165) is 24.7 Å². The lowest BCUT2D eigenvalue weighted by Gasteiger charge is -2.13. The number of aromatic nitrogens is 2. The van der Waals surface area contributed by atoms with E-state index in [4.69, 9.17) is 10.5 Å². The number of hydrogen-bond donors (Lipinski definition) is 1. The zero-order chi connectivity index (χ0) is 9.68. The minimum atomic E-state index is 0.523. The Hall–Kier alpha value is -0.720. The van der Waals surface area contributed by atoms with Gasteiger partial charge in [0.25, 0.3) is 0 Å². The highest BCUT2D eigenvalue weighted by molar-refractivity contribution is 7.15. The molecule has 74 valence electrons. The lowest BCUT2D eigenvalue weighted by molar-refractivity contribution is 0.158. The summed E-state index contributed by atoms with van der Waals surface area (Å²) in [6.07, 6.45) is 0. The number of hydrogen-bond acceptors (Lipinski definition) is 6. The van der Waals surface area contributed by atoms with Gasteiger partial charge in [0.2, 0.25) is 5.13 Å². The van der Waals surface area contributed by atoms with Gasteiger partial charge in [0, 0.05) is 13.7 Å². The van der Waals surface area contributed by atoms with Gasteiger partial charge in [0.15, 0.2) is 0 Å². The van der Waals surface area contributed by atoms with E-state index in [0.29, 0.717) is 5.13 Å². The van der Waals surface area contributed by atoms with Gasteiger partial charge in [-0.05, 0) is 7.05 Å². The largest absolute Gasteiger partial charge is 0.383 e. The molecule has 1 heterocycles. The minimum absolute atomic E-state index is 0.523. The molecule has 0 unspecified atom stereocenters. The first-order valence-electron chi connectivity index (χ1n) is 3.97. The predicted molar refractivity (Wildman–Crippen MR) is 52.5 cm³/mol. The molecule has 6 heteroatoms. The monoisotopic (exact) mass is 202 g/mol. The summed E-state index contributed by atoms with van der Waals surface area (Å²) in [6, 6.07) is 0. The van der Waals surface area contributed by atoms with Crippen LogP contribution >= 0.6 is 11.3 Å². The first-order valence-corrected chi connectivity index (χ1v) is 4.79. The van der Waals surface area contributed by atoms with Gasteiger partial charge in [-0.25, -0.2) is 0 Å². The minimum Gasteiger partial charge on any atom is -0.383 e. The molecule has 0 saturated heterocycles. The summed E-state index contributed by atoms with van der Waals surface area (Å²) in [4.78, 5) is 2.11. The molecule has 0 aliphatic carbocycles. The highest BCUT2D eigenvalue weighted by atomic mass is 32.1. The van der Waals surface area contributed by atoms with E-state index in [1.807, 2.05) is 7.05 Å². The maximum Gasteiger partial charge on any atom is 0.203 e. The van der Waals surface area contributed by atoms with Crippen LogP contribution in [-0.2, 0) is 11.3 Å². The summed E-state index contributed by atoms with van der Waals surface area (Å²) in [5.74, 6) is 0. The molecule has 0 aliphatic rings. The normalized spacial score (nSPS) is 11.0. The molecule has 1 aromatic rings. The molecule has 0 spiro atoms. The van der Waals surface area contributed by atoms with Crippen molar-refractivity contribution in [3.63, 3.8) is 0 Å². The first kappa shape index (κ1) is 10.4. The van der Waals surface area contributed by atoms with Crippen molar-refractivity contribution in [2.45, 2.75) is 6.54 Å². The summed E-state index contributed by atoms with van der Waals surface area (Å²) in [5, 5.41) is 9.13. The fourth-order valence-electron chi connectivity index (χ4n) is 0.888. The van der Waals surface area contributed by atoms with Crippen LogP contribution in [0, 0.1) is 0 Å². The zero-order valence-electron chi connectivity index (χ0n) is 7.86. The van der Waals surface area contributed by atoms with E-state index in [2.05, 4.69) is 15.1 Å². The van der Waals surface area contributed by atoms with Crippen LogP contribution in [0.4, 0.5) is 5.13 Å². The van der Waals surface area contributed by atoms with E-state index >= 15 is 0 Å². The van der Waals surface area contributed by atoms with E-state index in [9.17, 15) is 0 Å². The number of ether oxygens (including phenoxy) is 1. The Morgan fingerprint density at radius 2 is 2.31 bits per heavy atom. The Balaban J connectivity index is 2.31. The van der Waals surface area contributed by atoms with Gasteiger partial charge >= 0.3 is 0 Å².